The maximum atomic E-state index is 12.5. The standard InChI is InChI=1S/C19H23F2NO6/c1-26-18(25)14(16(23)17(24)22-9-11-27-12-10-22)7-4-6-13-5-2-3-8-15(13)28-19(20)21/h2-6,8,14,16,19,23H,7,9-12H2,1H3/t14-,16+/m0/s1. The van der Waals surface area contributed by atoms with Gasteiger partial charge in [-0.15, -0.1) is 0 Å². The molecule has 0 unspecified atom stereocenters. The smallest absolute Gasteiger partial charge is 0.387 e. The molecule has 7 nitrogen and oxygen atoms in total. The van der Waals surface area contributed by atoms with Gasteiger partial charge >= 0.3 is 12.6 Å². The maximum absolute atomic E-state index is 12.5. The molecule has 0 aliphatic carbocycles. The minimum absolute atomic E-state index is 0.0201. The normalized spacial score (nSPS) is 16.8. The quantitative estimate of drug-likeness (QED) is 0.670. The number of nitrogens with zero attached hydrogens (tertiary/aromatic N) is 1. The van der Waals surface area contributed by atoms with Gasteiger partial charge in [0.1, 0.15) is 11.9 Å². The highest BCUT2D eigenvalue weighted by Gasteiger charge is 2.35. The van der Waals surface area contributed by atoms with E-state index in [0.717, 1.165) is 7.11 Å². The molecule has 0 aromatic heterocycles. The molecule has 154 valence electrons. The summed E-state index contributed by atoms with van der Waals surface area (Å²) in [4.78, 5) is 25.9. The van der Waals surface area contributed by atoms with Gasteiger partial charge < -0.3 is 24.2 Å². The Hall–Kier alpha value is -2.52. The molecule has 1 heterocycles. The highest BCUT2D eigenvalue weighted by molar-refractivity contribution is 5.87. The highest BCUT2D eigenvalue weighted by atomic mass is 19.3. The van der Waals surface area contributed by atoms with Crippen LogP contribution in [0.2, 0.25) is 0 Å². The van der Waals surface area contributed by atoms with E-state index in [1.54, 1.807) is 18.2 Å². The molecular formula is C19H23F2NO6. The summed E-state index contributed by atoms with van der Waals surface area (Å²) in [5.41, 5.74) is 0.375. The van der Waals surface area contributed by atoms with Crippen molar-refractivity contribution < 1.29 is 37.7 Å². The van der Waals surface area contributed by atoms with Gasteiger partial charge in [-0.25, -0.2) is 0 Å². The summed E-state index contributed by atoms with van der Waals surface area (Å²) in [5, 5.41) is 10.4. The van der Waals surface area contributed by atoms with E-state index in [9.17, 15) is 23.5 Å². The van der Waals surface area contributed by atoms with Gasteiger partial charge in [0.2, 0.25) is 0 Å². The highest BCUT2D eigenvalue weighted by Crippen LogP contribution is 2.23. The Morgan fingerprint density at radius 3 is 2.61 bits per heavy atom. The zero-order valence-electron chi connectivity index (χ0n) is 15.4. The molecule has 28 heavy (non-hydrogen) atoms. The van der Waals surface area contributed by atoms with Crippen LogP contribution in [-0.2, 0) is 19.1 Å². The first-order valence-corrected chi connectivity index (χ1v) is 8.77. The zero-order chi connectivity index (χ0) is 20.5. The minimum Gasteiger partial charge on any atom is -0.469 e. The van der Waals surface area contributed by atoms with Crippen molar-refractivity contribution in [2.24, 2.45) is 5.92 Å². The Bertz CT molecular complexity index is 691. The fourth-order valence-electron chi connectivity index (χ4n) is 2.81. The summed E-state index contributed by atoms with van der Waals surface area (Å²) in [7, 11) is 1.16. The van der Waals surface area contributed by atoms with Gasteiger partial charge in [0.15, 0.2) is 0 Å². The van der Waals surface area contributed by atoms with Crippen molar-refractivity contribution in [1.82, 2.24) is 4.90 Å². The number of para-hydroxylation sites is 1. The maximum Gasteiger partial charge on any atom is 0.387 e. The molecule has 0 spiro atoms. The number of carbonyl (C=O) groups excluding carboxylic acids is 2. The number of halogens is 2. The number of benzene rings is 1. The molecule has 0 radical (unpaired) electrons. The molecule has 2 rings (SSSR count). The first-order valence-electron chi connectivity index (χ1n) is 8.77. The third-order valence-corrected chi connectivity index (χ3v) is 4.28. The lowest BCUT2D eigenvalue weighted by Gasteiger charge is -2.30. The van der Waals surface area contributed by atoms with Crippen LogP contribution in [0.4, 0.5) is 8.78 Å². The first-order chi connectivity index (χ1) is 13.4. The third kappa shape index (κ3) is 6.00. The van der Waals surface area contributed by atoms with E-state index in [0.29, 0.717) is 31.9 Å². The molecule has 1 fully saturated rings. The van der Waals surface area contributed by atoms with E-state index in [-0.39, 0.29) is 12.2 Å². The molecule has 1 amide bonds. The number of morpholine rings is 1. The number of ether oxygens (including phenoxy) is 3. The van der Waals surface area contributed by atoms with Crippen molar-refractivity contribution in [3.63, 3.8) is 0 Å². The summed E-state index contributed by atoms with van der Waals surface area (Å²) >= 11 is 0. The molecule has 1 aliphatic rings. The average molecular weight is 399 g/mol. The van der Waals surface area contributed by atoms with Gasteiger partial charge in [-0.2, -0.15) is 8.78 Å². The van der Waals surface area contributed by atoms with E-state index in [1.807, 2.05) is 0 Å². The second-order valence-corrected chi connectivity index (χ2v) is 6.07. The lowest BCUT2D eigenvalue weighted by molar-refractivity contribution is -0.159. The number of rotatable bonds is 8. The number of allylic oxidation sites excluding steroid dienone is 1. The Kier molecular flexibility index (Phi) is 8.34. The molecule has 1 saturated heterocycles. The number of aliphatic hydroxyl groups excluding tert-OH is 1. The summed E-state index contributed by atoms with van der Waals surface area (Å²) < 4.78 is 39.3. The SMILES string of the molecule is COC(=O)[C@@H](CC=Cc1ccccc1OC(F)F)[C@@H](O)C(=O)N1CCOCC1. The van der Waals surface area contributed by atoms with E-state index in [2.05, 4.69) is 4.74 Å². The molecule has 0 saturated carbocycles. The summed E-state index contributed by atoms with van der Waals surface area (Å²) in [6.45, 7) is -1.58. The molecule has 1 aromatic carbocycles. The monoisotopic (exact) mass is 399 g/mol. The lowest BCUT2D eigenvalue weighted by atomic mass is 9.96. The summed E-state index contributed by atoms with van der Waals surface area (Å²) in [6, 6.07) is 6.15. The van der Waals surface area contributed by atoms with Gasteiger partial charge in [-0.1, -0.05) is 30.4 Å². The molecule has 1 aliphatic heterocycles. The van der Waals surface area contributed by atoms with Gasteiger partial charge in [-0.3, -0.25) is 9.59 Å². The molecular weight excluding hydrogens is 376 g/mol. The van der Waals surface area contributed by atoms with Crippen LogP contribution in [-0.4, -0.2) is 68.0 Å². The predicted octanol–water partition coefficient (Wildman–Crippen LogP) is 1.70. The number of hydrogen-bond donors (Lipinski definition) is 1. The molecule has 9 heteroatoms. The minimum atomic E-state index is -2.97. The van der Waals surface area contributed by atoms with Crippen molar-refractivity contribution in [2.45, 2.75) is 19.1 Å². The van der Waals surface area contributed by atoms with Crippen LogP contribution < -0.4 is 4.74 Å². The Balaban J connectivity index is 2.09. The first kappa shape index (κ1) is 21.8. The van der Waals surface area contributed by atoms with E-state index >= 15 is 0 Å². The second kappa shape index (κ2) is 10.7. The molecule has 0 bridgehead atoms. The van der Waals surface area contributed by atoms with E-state index < -0.39 is 30.5 Å². The largest absolute Gasteiger partial charge is 0.469 e. The number of alkyl halides is 2. The third-order valence-electron chi connectivity index (χ3n) is 4.28. The van der Waals surface area contributed by atoms with Gasteiger partial charge in [0.25, 0.3) is 5.91 Å². The van der Waals surface area contributed by atoms with E-state index in [1.165, 1.54) is 23.1 Å². The van der Waals surface area contributed by atoms with Gasteiger partial charge in [0, 0.05) is 18.7 Å². The zero-order valence-corrected chi connectivity index (χ0v) is 15.4. The van der Waals surface area contributed by atoms with Crippen LogP contribution in [0, 0.1) is 5.92 Å². The lowest BCUT2D eigenvalue weighted by Crippen LogP contribution is -2.49. The Morgan fingerprint density at radius 1 is 1.29 bits per heavy atom. The van der Waals surface area contributed by atoms with Gasteiger partial charge in [0.05, 0.1) is 26.2 Å². The number of hydrogen-bond acceptors (Lipinski definition) is 6. The topological polar surface area (TPSA) is 85.3 Å². The summed E-state index contributed by atoms with van der Waals surface area (Å²) in [5.74, 6) is -2.46. The van der Waals surface area contributed by atoms with Crippen LogP contribution in [0.5, 0.6) is 5.75 Å². The summed E-state index contributed by atoms with van der Waals surface area (Å²) in [6.07, 6.45) is 1.39. The average Bonchev–Trinajstić information content (AvgIpc) is 2.71. The van der Waals surface area contributed by atoms with Crippen molar-refractivity contribution >= 4 is 18.0 Å². The van der Waals surface area contributed by atoms with Crippen molar-refractivity contribution in [3.05, 3.63) is 35.9 Å². The molecule has 1 aromatic rings. The van der Waals surface area contributed by atoms with Crippen molar-refractivity contribution in [3.8, 4) is 5.75 Å². The predicted molar refractivity (Wildman–Crippen MR) is 95.6 cm³/mol. The number of esters is 1. The number of methoxy groups -OCH3 is 1. The number of amides is 1. The number of aliphatic hydroxyl groups is 1. The Morgan fingerprint density at radius 2 is 1.96 bits per heavy atom. The fraction of sp³-hybridized carbons (Fsp3) is 0.474. The van der Waals surface area contributed by atoms with Crippen molar-refractivity contribution in [2.75, 3.05) is 33.4 Å². The molecule has 1 N–H and O–H groups in total. The van der Waals surface area contributed by atoms with Gasteiger partial charge in [-0.05, 0) is 12.5 Å². The van der Waals surface area contributed by atoms with Crippen molar-refractivity contribution in [1.29, 1.82) is 0 Å². The molecule has 2 atom stereocenters. The second-order valence-electron chi connectivity index (χ2n) is 6.07. The van der Waals surface area contributed by atoms with Crippen LogP contribution in [0.3, 0.4) is 0 Å². The fourth-order valence-corrected chi connectivity index (χ4v) is 2.81. The Labute approximate surface area is 161 Å². The van der Waals surface area contributed by atoms with Crippen LogP contribution >= 0.6 is 0 Å². The van der Waals surface area contributed by atoms with E-state index in [4.69, 9.17) is 9.47 Å². The van der Waals surface area contributed by atoms with Crippen LogP contribution in [0.1, 0.15) is 12.0 Å². The van der Waals surface area contributed by atoms with Crippen LogP contribution in [0.15, 0.2) is 30.3 Å². The number of carbonyl (C=O) groups is 2. The van der Waals surface area contributed by atoms with Crippen LogP contribution in [0.25, 0.3) is 6.08 Å².